The van der Waals surface area contributed by atoms with Gasteiger partial charge in [-0.25, -0.2) is 0 Å². The molecule has 2 aromatic rings. The number of oxime groups is 1. The van der Waals surface area contributed by atoms with E-state index in [1.165, 1.54) is 6.20 Å². The number of hydrogen-bond acceptors (Lipinski definition) is 4. The highest BCUT2D eigenvalue weighted by atomic mass is 16.4. The molecular formula is C13H12N4O2. The third-order valence-electron chi connectivity index (χ3n) is 2.46. The number of para-hydroxylation sites is 1. The van der Waals surface area contributed by atoms with Crippen LogP contribution in [-0.2, 0) is 0 Å². The van der Waals surface area contributed by atoms with E-state index in [4.69, 9.17) is 10.9 Å². The summed E-state index contributed by atoms with van der Waals surface area (Å²) in [7, 11) is 0. The molecule has 0 radical (unpaired) electrons. The van der Waals surface area contributed by atoms with Gasteiger partial charge in [-0.15, -0.1) is 0 Å². The maximum Gasteiger partial charge on any atom is 0.274 e. The summed E-state index contributed by atoms with van der Waals surface area (Å²) in [6.07, 6.45) is 1.53. The second-order valence-corrected chi connectivity index (χ2v) is 3.70. The van der Waals surface area contributed by atoms with Gasteiger partial charge >= 0.3 is 0 Å². The molecule has 1 amide bonds. The molecule has 0 fully saturated rings. The first-order chi connectivity index (χ1) is 9.22. The molecule has 0 spiro atoms. The molecule has 0 unspecified atom stereocenters. The van der Waals surface area contributed by atoms with E-state index in [-0.39, 0.29) is 17.4 Å². The number of benzene rings is 1. The number of amidine groups is 1. The highest BCUT2D eigenvalue weighted by Gasteiger charge is 2.11. The van der Waals surface area contributed by atoms with Crippen molar-refractivity contribution >= 4 is 17.4 Å². The Morgan fingerprint density at radius 3 is 2.63 bits per heavy atom. The van der Waals surface area contributed by atoms with Gasteiger partial charge < -0.3 is 16.3 Å². The number of amides is 1. The third kappa shape index (κ3) is 2.86. The van der Waals surface area contributed by atoms with E-state index < -0.39 is 0 Å². The number of carbonyl (C=O) groups excluding carboxylic acids is 1. The number of aromatic nitrogens is 1. The fourth-order valence-corrected chi connectivity index (χ4v) is 1.55. The number of nitrogens with two attached hydrogens (primary N) is 1. The van der Waals surface area contributed by atoms with Crippen molar-refractivity contribution < 1.29 is 10.0 Å². The van der Waals surface area contributed by atoms with Crippen LogP contribution in [0, 0.1) is 0 Å². The zero-order chi connectivity index (χ0) is 13.7. The number of anilines is 1. The number of carbonyl (C=O) groups is 1. The lowest BCUT2D eigenvalue weighted by Gasteiger charge is -2.09. The van der Waals surface area contributed by atoms with Crippen molar-refractivity contribution in [2.45, 2.75) is 0 Å². The molecule has 0 aliphatic rings. The summed E-state index contributed by atoms with van der Waals surface area (Å²) in [4.78, 5) is 15.9. The summed E-state index contributed by atoms with van der Waals surface area (Å²) in [5, 5.41) is 14.3. The van der Waals surface area contributed by atoms with Gasteiger partial charge in [-0.05, 0) is 24.3 Å². The van der Waals surface area contributed by atoms with Crippen molar-refractivity contribution in [3.8, 4) is 0 Å². The van der Waals surface area contributed by atoms with Crippen LogP contribution in [0.3, 0.4) is 0 Å². The predicted octanol–water partition coefficient (Wildman–Crippen LogP) is 1.43. The molecule has 0 saturated carbocycles. The highest BCUT2D eigenvalue weighted by molar-refractivity contribution is 6.09. The Kier molecular flexibility index (Phi) is 3.72. The maximum atomic E-state index is 12.0. The highest BCUT2D eigenvalue weighted by Crippen LogP contribution is 2.15. The SMILES string of the molecule is N/C(=N/O)c1ccccc1NC(=O)c1ccccn1. The Morgan fingerprint density at radius 1 is 1.21 bits per heavy atom. The summed E-state index contributed by atoms with van der Waals surface area (Å²) >= 11 is 0. The molecule has 96 valence electrons. The topological polar surface area (TPSA) is 101 Å². The van der Waals surface area contributed by atoms with Crippen molar-refractivity contribution in [3.05, 3.63) is 59.9 Å². The number of nitrogens with zero attached hydrogens (tertiary/aromatic N) is 2. The van der Waals surface area contributed by atoms with Crippen molar-refractivity contribution in [1.82, 2.24) is 4.98 Å². The quantitative estimate of drug-likeness (QED) is 0.334. The molecule has 0 atom stereocenters. The van der Waals surface area contributed by atoms with Crippen molar-refractivity contribution in [2.24, 2.45) is 10.9 Å². The van der Waals surface area contributed by atoms with E-state index in [0.717, 1.165) is 0 Å². The lowest BCUT2D eigenvalue weighted by Crippen LogP contribution is -2.19. The predicted molar refractivity (Wildman–Crippen MR) is 71.1 cm³/mol. The first-order valence-electron chi connectivity index (χ1n) is 5.51. The van der Waals surface area contributed by atoms with Crippen LogP contribution in [0.2, 0.25) is 0 Å². The van der Waals surface area contributed by atoms with Gasteiger partial charge in [0.1, 0.15) is 5.69 Å². The second-order valence-electron chi connectivity index (χ2n) is 3.70. The van der Waals surface area contributed by atoms with Crippen molar-refractivity contribution in [1.29, 1.82) is 0 Å². The minimum Gasteiger partial charge on any atom is -0.409 e. The Labute approximate surface area is 109 Å². The van der Waals surface area contributed by atoms with Gasteiger partial charge in [-0.3, -0.25) is 9.78 Å². The van der Waals surface area contributed by atoms with Crippen LogP contribution in [0.25, 0.3) is 0 Å². The molecule has 0 aliphatic carbocycles. The summed E-state index contributed by atoms with van der Waals surface area (Å²) in [5.74, 6) is -0.435. The van der Waals surface area contributed by atoms with Gasteiger partial charge in [0.2, 0.25) is 0 Å². The maximum absolute atomic E-state index is 12.0. The van der Waals surface area contributed by atoms with E-state index in [1.54, 1.807) is 42.5 Å². The summed E-state index contributed by atoms with van der Waals surface area (Å²) in [6.45, 7) is 0. The van der Waals surface area contributed by atoms with Crippen LogP contribution in [0.1, 0.15) is 16.1 Å². The van der Waals surface area contributed by atoms with Gasteiger partial charge in [-0.2, -0.15) is 0 Å². The zero-order valence-electron chi connectivity index (χ0n) is 9.95. The van der Waals surface area contributed by atoms with Crippen LogP contribution in [0.4, 0.5) is 5.69 Å². The smallest absolute Gasteiger partial charge is 0.274 e. The lowest BCUT2D eigenvalue weighted by atomic mass is 10.1. The van der Waals surface area contributed by atoms with Gasteiger partial charge in [0.05, 0.1) is 5.69 Å². The van der Waals surface area contributed by atoms with Crippen molar-refractivity contribution in [2.75, 3.05) is 5.32 Å². The Hall–Kier alpha value is -2.89. The second kappa shape index (κ2) is 5.63. The number of hydrogen-bond donors (Lipinski definition) is 3. The largest absolute Gasteiger partial charge is 0.409 e. The van der Waals surface area contributed by atoms with Gasteiger partial charge in [0, 0.05) is 11.8 Å². The molecule has 0 bridgehead atoms. The average molecular weight is 256 g/mol. The van der Waals surface area contributed by atoms with E-state index >= 15 is 0 Å². The van der Waals surface area contributed by atoms with Gasteiger partial charge in [-0.1, -0.05) is 23.4 Å². The Morgan fingerprint density at radius 2 is 1.95 bits per heavy atom. The fourth-order valence-electron chi connectivity index (χ4n) is 1.55. The van der Waals surface area contributed by atoms with Crippen LogP contribution in [-0.4, -0.2) is 21.9 Å². The summed E-state index contributed by atoms with van der Waals surface area (Å²) < 4.78 is 0. The van der Waals surface area contributed by atoms with Crippen LogP contribution >= 0.6 is 0 Å². The normalized spacial score (nSPS) is 11.1. The summed E-state index contributed by atoms with van der Waals surface area (Å²) in [5.41, 5.74) is 6.72. The number of nitrogens with one attached hydrogen (secondary N) is 1. The first kappa shape index (κ1) is 12.6. The Bertz CT molecular complexity index is 611. The zero-order valence-corrected chi connectivity index (χ0v) is 9.95. The summed E-state index contributed by atoms with van der Waals surface area (Å²) in [6, 6.07) is 11.8. The molecule has 19 heavy (non-hydrogen) atoms. The molecule has 4 N–H and O–H groups in total. The molecule has 1 heterocycles. The van der Waals surface area contributed by atoms with Gasteiger partial charge in [0.15, 0.2) is 5.84 Å². The van der Waals surface area contributed by atoms with E-state index in [0.29, 0.717) is 11.3 Å². The van der Waals surface area contributed by atoms with Crippen LogP contribution in [0.15, 0.2) is 53.8 Å². The molecule has 0 aliphatic heterocycles. The molecule has 0 saturated heterocycles. The van der Waals surface area contributed by atoms with E-state index in [9.17, 15) is 4.79 Å². The number of rotatable bonds is 3. The fraction of sp³-hybridized carbons (Fsp3) is 0. The van der Waals surface area contributed by atoms with E-state index in [2.05, 4.69) is 15.5 Å². The molecule has 1 aromatic carbocycles. The van der Waals surface area contributed by atoms with Crippen LogP contribution < -0.4 is 11.1 Å². The third-order valence-corrected chi connectivity index (χ3v) is 2.46. The minimum absolute atomic E-state index is 0.0723. The molecule has 6 heteroatoms. The first-order valence-corrected chi connectivity index (χ1v) is 5.51. The monoisotopic (exact) mass is 256 g/mol. The molecule has 2 rings (SSSR count). The Balaban J connectivity index is 2.27. The minimum atomic E-state index is -0.362. The van der Waals surface area contributed by atoms with Gasteiger partial charge in [0.25, 0.3) is 5.91 Å². The number of pyridine rings is 1. The lowest BCUT2D eigenvalue weighted by molar-refractivity contribution is 0.102. The molecule has 1 aromatic heterocycles. The average Bonchev–Trinajstić information content (AvgIpc) is 2.48. The molecular weight excluding hydrogens is 244 g/mol. The van der Waals surface area contributed by atoms with Crippen LogP contribution in [0.5, 0.6) is 0 Å². The molecule has 6 nitrogen and oxygen atoms in total. The standard InChI is InChI=1S/C13H12N4O2/c14-12(17-19)9-5-1-2-6-10(9)16-13(18)11-7-3-4-8-15-11/h1-8,19H,(H2,14,17)(H,16,18). The van der Waals surface area contributed by atoms with E-state index in [1.807, 2.05) is 0 Å². The van der Waals surface area contributed by atoms with Crippen molar-refractivity contribution in [3.63, 3.8) is 0 Å².